The molecule has 27 heavy (non-hydrogen) atoms. The Morgan fingerprint density at radius 3 is 2.89 bits per heavy atom. The highest BCUT2D eigenvalue weighted by Gasteiger charge is 2.25. The first-order valence-electron chi connectivity index (χ1n) is 9.38. The highest BCUT2D eigenvalue weighted by molar-refractivity contribution is 5.95. The van der Waals surface area contributed by atoms with Gasteiger partial charge in [0.1, 0.15) is 5.69 Å². The Hall–Kier alpha value is -2.96. The molecule has 1 amide bonds. The van der Waals surface area contributed by atoms with Crippen LogP contribution in [0.4, 0.5) is 0 Å². The van der Waals surface area contributed by atoms with Crippen molar-refractivity contribution in [3.63, 3.8) is 0 Å². The summed E-state index contributed by atoms with van der Waals surface area (Å²) in [6.07, 6.45) is 9.28. The van der Waals surface area contributed by atoms with Crippen molar-refractivity contribution in [1.29, 1.82) is 0 Å². The molecule has 0 radical (unpaired) electrons. The Kier molecular flexibility index (Phi) is 5.00. The highest BCUT2D eigenvalue weighted by atomic mass is 16.5. The Morgan fingerprint density at radius 1 is 1.26 bits per heavy atom. The number of nitrogens with one attached hydrogen (secondary N) is 1. The van der Waals surface area contributed by atoms with Gasteiger partial charge < -0.3 is 9.42 Å². The molecule has 140 valence electrons. The molecule has 0 aliphatic heterocycles. The molecule has 0 saturated heterocycles. The molecule has 1 aliphatic rings. The number of amides is 1. The lowest BCUT2D eigenvalue weighted by molar-refractivity contribution is 0.0770. The van der Waals surface area contributed by atoms with E-state index in [9.17, 15) is 4.79 Å². The molecule has 1 saturated carbocycles. The van der Waals surface area contributed by atoms with Crippen LogP contribution in [0.2, 0.25) is 0 Å². The number of pyridine rings is 1. The number of rotatable bonds is 5. The van der Waals surface area contributed by atoms with Crippen molar-refractivity contribution in [2.24, 2.45) is 0 Å². The number of carbonyl (C=O) groups excluding carboxylic acids is 1. The molecule has 7 nitrogen and oxygen atoms in total. The van der Waals surface area contributed by atoms with E-state index in [1.807, 2.05) is 24.3 Å². The summed E-state index contributed by atoms with van der Waals surface area (Å²) in [6, 6.07) is 7.45. The monoisotopic (exact) mass is 365 g/mol. The van der Waals surface area contributed by atoms with Crippen LogP contribution < -0.4 is 0 Å². The Morgan fingerprint density at radius 2 is 2.11 bits per heavy atom. The summed E-state index contributed by atoms with van der Waals surface area (Å²) in [4.78, 5) is 18.8. The Balaban J connectivity index is 1.46. The molecule has 0 atom stereocenters. The molecule has 1 aliphatic carbocycles. The van der Waals surface area contributed by atoms with Crippen LogP contribution in [0, 0.1) is 0 Å². The SMILES string of the molecule is CN(Cc1cc(-c2ccccn2)no1)C(=O)c1cn[nH]c1C1CCCCC1. The zero-order chi connectivity index (χ0) is 18.6. The molecule has 0 spiro atoms. The smallest absolute Gasteiger partial charge is 0.257 e. The normalized spacial score (nSPS) is 15.0. The van der Waals surface area contributed by atoms with E-state index in [2.05, 4.69) is 20.3 Å². The Bertz CT molecular complexity index is 896. The summed E-state index contributed by atoms with van der Waals surface area (Å²) in [5.74, 6) is 0.962. The zero-order valence-corrected chi connectivity index (χ0v) is 15.4. The van der Waals surface area contributed by atoms with E-state index in [1.165, 1.54) is 19.3 Å². The van der Waals surface area contributed by atoms with Gasteiger partial charge in [0.2, 0.25) is 0 Å². The first kappa shape index (κ1) is 17.5. The van der Waals surface area contributed by atoms with Gasteiger partial charge in [-0.2, -0.15) is 5.10 Å². The number of hydrogen-bond acceptors (Lipinski definition) is 5. The summed E-state index contributed by atoms with van der Waals surface area (Å²) in [5, 5.41) is 11.3. The van der Waals surface area contributed by atoms with Gasteiger partial charge >= 0.3 is 0 Å². The van der Waals surface area contributed by atoms with Crippen molar-refractivity contribution in [2.45, 2.75) is 44.6 Å². The lowest BCUT2D eigenvalue weighted by Crippen LogP contribution is -2.27. The molecule has 3 aromatic heterocycles. The van der Waals surface area contributed by atoms with Crippen LogP contribution in [0.25, 0.3) is 11.4 Å². The topological polar surface area (TPSA) is 87.9 Å². The van der Waals surface area contributed by atoms with E-state index in [4.69, 9.17) is 4.52 Å². The van der Waals surface area contributed by atoms with E-state index in [0.29, 0.717) is 29.5 Å². The number of carbonyl (C=O) groups is 1. The number of aromatic amines is 1. The van der Waals surface area contributed by atoms with Gasteiger partial charge in [0.05, 0.1) is 29.7 Å². The zero-order valence-electron chi connectivity index (χ0n) is 15.4. The summed E-state index contributed by atoms with van der Waals surface area (Å²) in [7, 11) is 1.77. The Labute approximate surface area is 157 Å². The van der Waals surface area contributed by atoms with Crippen molar-refractivity contribution < 1.29 is 9.32 Å². The second-order valence-electron chi connectivity index (χ2n) is 7.09. The highest BCUT2D eigenvalue weighted by Crippen LogP contribution is 2.33. The lowest BCUT2D eigenvalue weighted by atomic mass is 9.85. The van der Waals surface area contributed by atoms with Crippen LogP contribution in [-0.2, 0) is 6.54 Å². The molecule has 1 N–H and O–H groups in total. The quantitative estimate of drug-likeness (QED) is 0.743. The number of aromatic nitrogens is 4. The average molecular weight is 365 g/mol. The second-order valence-corrected chi connectivity index (χ2v) is 7.09. The second kappa shape index (κ2) is 7.73. The van der Waals surface area contributed by atoms with Crippen LogP contribution in [0.15, 0.2) is 41.2 Å². The van der Waals surface area contributed by atoms with Gasteiger partial charge in [0.25, 0.3) is 5.91 Å². The van der Waals surface area contributed by atoms with Gasteiger partial charge in [-0.25, -0.2) is 0 Å². The molecule has 0 bridgehead atoms. The van der Waals surface area contributed by atoms with Gasteiger partial charge in [-0.15, -0.1) is 0 Å². The molecular weight excluding hydrogens is 342 g/mol. The van der Waals surface area contributed by atoms with Crippen LogP contribution in [0.1, 0.15) is 59.8 Å². The summed E-state index contributed by atoms with van der Waals surface area (Å²) in [6.45, 7) is 0.341. The fourth-order valence-electron chi connectivity index (χ4n) is 3.70. The lowest BCUT2D eigenvalue weighted by Gasteiger charge is -2.22. The standard InChI is InChI=1S/C20H23N5O2/c1-25(13-15-11-18(24-27-15)17-9-5-6-10-21-17)20(26)16-12-22-23-19(16)14-7-3-2-4-8-14/h5-6,9-12,14H,2-4,7-8,13H2,1H3,(H,22,23). The van der Waals surface area contributed by atoms with E-state index < -0.39 is 0 Å². The third kappa shape index (κ3) is 3.77. The van der Waals surface area contributed by atoms with Crippen LogP contribution in [0.3, 0.4) is 0 Å². The predicted octanol–water partition coefficient (Wildman–Crippen LogP) is 3.78. The van der Waals surface area contributed by atoms with E-state index >= 15 is 0 Å². The molecule has 1 fully saturated rings. The van der Waals surface area contributed by atoms with E-state index in [0.717, 1.165) is 24.2 Å². The third-order valence-electron chi connectivity index (χ3n) is 5.14. The molecule has 0 aromatic carbocycles. The van der Waals surface area contributed by atoms with Crippen molar-refractivity contribution >= 4 is 5.91 Å². The predicted molar refractivity (Wildman–Crippen MR) is 99.9 cm³/mol. The van der Waals surface area contributed by atoms with Gasteiger partial charge in [-0.05, 0) is 25.0 Å². The number of hydrogen-bond donors (Lipinski definition) is 1. The van der Waals surface area contributed by atoms with Crippen molar-refractivity contribution in [2.75, 3.05) is 7.05 Å². The fraction of sp³-hybridized carbons (Fsp3) is 0.400. The average Bonchev–Trinajstić information content (AvgIpc) is 3.38. The van der Waals surface area contributed by atoms with Gasteiger partial charge in [0.15, 0.2) is 5.76 Å². The third-order valence-corrected chi connectivity index (χ3v) is 5.14. The molecule has 4 rings (SSSR count). The minimum atomic E-state index is -0.0555. The number of nitrogens with zero attached hydrogens (tertiary/aromatic N) is 4. The summed E-state index contributed by atoms with van der Waals surface area (Å²) < 4.78 is 5.40. The van der Waals surface area contributed by atoms with Crippen LogP contribution >= 0.6 is 0 Å². The van der Waals surface area contributed by atoms with Gasteiger partial charge in [-0.3, -0.25) is 14.9 Å². The maximum atomic E-state index is 12.9. The van der Waals surface area contributed by atoms with Crippen LogP contribution in [-0.4, -0.2) is 38.2 Å². The van der Waals surface area contributed by atoms with Crippen molar-refractivity contribution in [3.05, 3.63) is 53.7 Å². The molecular formula is C20H23N5O2. The van der Waals surface area contributed by atoms with Gasteiger partial charge in [-0.1, -0.05) is 30.5 Å². The molecule has 0 unspecified atom stereocenters. The minimum Gasteiger partial charge on any atom is -0.359 e. The number of H-pyrrole nitrogens is 1. The van der Waals surface area contributed by atoms with Gasteiger partial charge in [0, 0.05) is 25.2 Å². The van der Waals surface area contributed by atoms with Crippen molar-refractivity contribution in [3.8, 4) is 11.4 Å². The minimum absolute atomic E-state index is 0.0555. The fourth-order valence-corrected chi connectivity index (χ4v) is 3.70. The summed E-state index contributed by atoms with van der Waals surface area (Å²) in [5.41, 5.74) is 3.04. The largest absolute Gasteiger partial charge is 0.359 e. The molecule has 3 heterocycles. The molecule has 3 aromatic rings. The maximum Gasteiger partial charge on any atom is 0.257 e. The van der Waals surface area contributed by atoms with Crippen LogP contribution in [0.5, 0.6) is 0 Å². The summed E-state index contributed by atoms with van der Waals surface area (Å²) >= 11 is 0. The first-order chi connectivity index (χ1) is 13.2. The van der Waals surface area contributed by atoms with E-state index in [-0.39, 0.29) is 5.91 Å². The molecule has 7 heteroatoms. The van der Waals surface area contributed by atoms with Crippen molar-refractivity contribution in [1.82, 2.24) is 25.2 Å². The van der Waals surface area contributed by atoms with E-state index in [1.54, 1.807) is 24.3 Å². The maximum absolute atomic E-state index is 12.9. The first-order valence-corrected chi connectivity index (χ1v) is 9.38.